The minimum Gasteiger partial charge on any atom is -0.493 e. The number of benzene rings is 4. The maximum Gasteiger partial charge on any atom is 0.264 e. The molecule has 0 aliphatic heterocycles. The van der Waals surface area contributed by atoms with Gasteiger partial charge in [-0.05, 0) is 88.6 Å². The van der Waals surface area contributed by atoms with Gasteiger partial charge in [0.2, 0.25) is 0 Å². The number of sulfonamides is 1. The fourth-order valence-electron chi connectivity index (χ4n) is 3.92. The van der Waals surface area contributed by atoms with E-state index in [1.54, 1.807) is 42.5 Å². The van der Waals surface area contributed by atoms with Crippen LogP contribution in [0.4, 0.5) is 5.69 Å². The number of nitrogens with zero attached hydrogens (tertiary/aromatic N) is 2. The van der Waals surface area contributed by atoms with Gasteiger partial charge in [-0.2, -0.15) is 5.10 Å². The molecule has 4 rings (SSSR count). The first kappa shape index (κ1) is 33.9. The number of halogens is 5. The molecule has 44 heavy (non-hydrogen) atoms. The number of aryl methyl sites for hydroxylation is 1. The second-order valence-corrected chi connectivity index (χ2v) is 13.7. The lowest BCUT2D eigenvalue weighted by Gasteiger charge is -2.24. The minimum atomic E-state index is -4.17. The Morgan fingerprint density at radius 3 is 2.27 bits per heavy atom. The van der Waals surface area contributed by atoms with E-state index in [-0.39, 0.29) is 27.2 Å². The zero-order valence-corrected chi connectivity index (χ0v) is 28.6. The van der Waals surface area contributed by atoms with Crippen LogP contribution in [0.3, 0.4) is 0 Å². The third kappa shape index (κ3) is 8.59. The number of hydrazone groups is 1. The van der Waals surface area contributed by atoms with E-state index in [0.29, 0.717) is 31.6 Å². The highest BCUT2D eigenvalue weighted by Crippen LogP contribution is 2.37. The van der Waals surface area contributed by atoms with E-state index in [1.807, 2.05) is 6.92 Å². The van der Waals surface area contributed by atoms with Crippen LogP contribution in [0.5, 0.6) is 11.5 Å². The van der Waals surface area contributed by atoms with Gasteiger partial charge in [-0.3, -0.25) is 9.10 Å². The molecule has 0 atom stereocenters. The summed E-state index contributed by atoms with van der Waals surface area (Å²) < 4.78 is 40.1. The zero-order valence-electron chi connectivity index (χ0n) is 23.2. The van der Waals surface area contributed by atoms with Crippen LogP contribution in [-0.2, 0) is 21.4 Å². The van der Waals surface area contributed by atoms with Crippen molar-refractivity contribution in [1.82, 2.24) is 5.43 Å². The van der Waals surface area contributed by atoms with Gasteiger partial charge >= 0.3 is 0 Å². The lowest BCUT2D eigenvalue weighted by atomic mass is 10.2. The number of anilines is 1. The molecule has 0 bridgehead atoms. The molecule has 0 fully saturated rings. The van der Waals surface area contributed by atoms with Crippen molar-refractivity contribution in [2.75, 3.05) is 18.0 Å². The largest absolute Gasteiger partial charge is 0.493 e. The summed E-state index contributed by atoms with van der Waals surface area (Å²) in [4.78, 5) is 13.0. The zero-order chi connectivity index (χ0) is 32.0. The highest BCUT2D eigenvalue weighted by atomic mass is 79.9. The molecule has 0 spiro atoms. The molecule has 0 heterocycles. The molecule has 0 saturated heterocycles. The number of rotatable bonds is 11. The minimum absolute atomic E-state index is 0.00564. The predicted molar refractivity (Wildman–Crippen MR) is 179 cm³/mol. The second kappa shape index (κ2) is 14.9. The van der Waals surface area contributed by atoms with Gasteiger partial charge in [-0.1, -0.05) is 70.2 Å². The quantitative estimate of drug-likeness (QED) is 0.123. The molecule has 0 unspecified atom stereocenters. The first-order valence-corrected chi connectivity index (χ1v) is 16.4. The highest BCUT2D eigenvalue weighted by Gasteiger charge is 2.28. The molecule has 0 saturated carbocycles. The van der Waals surface area contributed by atoms with Gasteiger partial charge in [0.25, 0.3) is 15.9 Å². The molecule has 0 aliphatic rings. The van der Waals surface area contributed by atoms with Crippen molar-refractivity contribution in [3.05, 3.63) is 114 Å². The Hall–Kier alpha value is -2.99. The number of hydrogen-bond donors (Lipinski definition) is 1. The summed E-state index contributed by atoms with van der Waals surface area (Å²) in [5, 5.41) is 5.28. The molecule has 230 valence electrons. The number of amides is 1. The van der Waals surface area contributed by atoms with Crippen LogP contribution in [0.15, 0.2) is 87.3 Å². The molecule has 1 N–H and O–H groups in total. The first-order valence-electron chi connectivity index (χ1n) is 12.7. The van der Waals surface area contributed by atoms with E-state index in [2.05, 4.69) is 26.5 Å². The molecule has 8 nitrogen and oxygen atoms in total. The van der Waals surface area contributed by atoms with Crippen molar-refractivity contribution in [3.8, 4) is 11.5 Å². The standard InChI is InChI=1S/C30H24BrCl4N3O5S/c1-18-3-6-24(7-4-18)44(40,41)38(23-13-21(32)12-22(33)14-23)16-29(39)37-36-15-20-9-25(31)30(28(11-20)42-2)43-17-19-5-8-26(34)27(35)10-19/h3-15H,16-17H2,1-2H3,(H,37,39)/b36-15-. The van der Waals surface area contributed by atoms with Crippen LogP contribution in [0.2, 0.25) is 20.1 Å². The summed E-state index contributed by atoms with van der Waals surface area (Å²) in [6, 6.07) is 19.1. The molecule has 1 amide bonds. The lowest BCUT2D eigenvalue weighted by molar-refractivity contribution is -0.119. The second-order valence-electron chi connectivity index (χ2n) is 9.32. The maximum atomic E-state index is 13.6. The topological polar surface area (TPSA) is 97.3 Å². The molecule has 14 heteroatoms. The summed E-state index contributed by atoms with van der Waals surface area (Å²) in [6.45, 7) is 1.44. The van der Waals surface area contributed by atoms with E-state index in [1.165, 1.54) is 43.7 Å². The van der Waals surface area contributed by atoms with Gasteiger partial charge in [0.05, 0.1) is 38.4 Å². The lowest BCUT2D eigenvalue weighted by Crippen LogP contribution is -2.39. The van der Waals surface area contributed by atoms with Crippen LogP contribution in [0, 0.1) is 6.92 Å². The van der Waals surface area contributed by atoms with Crippen molar-refractivity contribution in [3.63, 3.8) is 0 Å². The summed E-state index contributed by atoms with van der Waals surface area (Å²) in [5.41, 5.74) is 4.73. The smallest absolute Gasteiger partial charge is 0.264 e. The maximum absolute atomic E-state index is 13.6. The number of ether oxygens (including phenoxy) is 2. The van der Waals surface area contributed by atoms with Gasteiger partial charge in [0, 0.05) is 10.0 Å². The van der Waals surface area contributed by atoms with E-state index < -0.39 is 22.5 Å². The van der Waals surface area contributed by atoms with Crippen LogP contribution >= 0.6 is 62.3 Å². The van der Waals surface area contributed by atoms with E-state index >= 15 is 0 Å². The molecule has 0 aliphatic carbocycles. The molecule has 0 radical (unpaired) electrons. The van der Waals surface area contributed by atoms with Crippen LogP contribution in [-0.4, -0.2) is 34.2 Å². The van der Waals surface area contributed by atoms with Gasteiger partial charge in [0.1, 0.15) is 13.2 Å². The first-order chi connectivity index (χ1) is 20.9. The molecular formula is C30H24BrCl4N3O5S. The summed E-state index contributed by atoms with van der Waals surface area (Å²) >= 11 is 27.9. The molecule has 4 aromatic carbocycles. The Morgan fingerprint density at radius 1 is 0.955 bits per heavy atom. The third-order valence-electron chi connectivity index (χ3n) is 6.05. The normalized spacial score (nSPS) is 11.4. The summed E-state index contributed by atoms with van der Waals surface area (Å²) in [5.74, 6) is 0.137. The van der Waals surface area contributed by atoms with Gasteiger partial charge in [-0.25, -0.2) is 13.8 Å². The van der Waals surface area contributed by atoms with Gasteiger partial charge in [-0.15, -0.1) is 0 Å². The Balaban J connectivity index is 1.50. The summed E-state index contributed by atoms with van der Waals surface area (Å²) in [6.07, 6.45) is 1.38. The number of nitrogens with one attached hydrogen (secondary N) is 1. The van der Waals surface area contributed by atoms with Crippen molar-refractivity contribution in [1.29, 1.82) is 0 Å². The van der Waals surface area contributed by atoms with E-state index in [9.17, 15) is 13.2 Å². The molecule has 0 aromatic heterocycles. The van der Waals surface area contributed by atoms with E-state index in [4.69, 9.17) is 55.9 Å². The van der Waals surface area contributed by atoms with Gasteiger partial charge in [0.15, 0.2) is 11.5 Å². The summed E-state index contributed by atoms with van der Waals surface area (Å²) in [7, 11) is -2.69. The van der Waals surface area contributed by atoms with Crippen molar-refractivity contribution >= 4 is 90.2 Å². The Labute approximate surface area is 283 Å². The Kier molecular flexibility index (Phi) is 11.4. The number of carbonyl (C=O) groups excluding carboxylic acids is 1. The average molecular weight is 760 g/mol. The number of hydrogen-bond acceptors (Lipinski definition) is 6. The fourth-order valence-corrected chi connectivity index (χ4v) is 6.73. The number of carbonyl (C=O) groups is 1. The van der Waals surface area contributed by atoms with Crippen LogP contribution in [0.25, 0.3) is 0 Å². The SMILES string of the molecule is COc1cc(/C=N\NC(=O)CN(c2cc(Cl)cc(Cl)c2)S(=O)(=O)c2ccc(C)cc2)cc(Br)c1OCc1ccc(Cl)c(Cl)c1. The Bertz CT molecular complexity index is 1800. The Morgan fingerprint density at radius 2 is 1.64 bits per heavy atom. The molecule has 4 aromatic rings. The van der Waals surface area contributed by atoms with Crippen molar-refractivity contribution < 1.29 is 22.7 Å². The predicted octanol–water partition coefficient (Wildman–Crippen LogP) is 8.30. The van der Waals surface area contributed by atoms with Crippen LogP contribution in [0.1, 0.15) is 16.7 Å². The monoisotopic (exact) mass is 757 g/mol. The fraction of sp³-hybridized carbons (Fsp3) is 0.133. The van der Waals surface area contributed by atoms with E-state index in [0.717, 1.165) is 15.4 Å². The molecular weight excluding hydrogens is 736 g/mol. The number of methoxy groups -OCH3 is 1. The average Bonchev–Trinajstić information content (AvgIpc) is 2.96. The highest BCUT2D eigenvalue weighted by molar-refractivity contribution is 9.10. The van der Waals surface area contributed by atoms with Crippen LogP contribution < -0.4 is 19.2 Å². The van der Waals surface area contributed by atoms with Crippen molar-refractivity contribution in [2.24, 2.45) is 5.10 Å². The van der Waals surface area contributed by atoms with Crippen molar-refractivity contribution in [2.45, 2.75) is 18.4 Å². The van der Waals surface area contributed by atoms with Gasteiger partial charge < -0.3 is 9.47 Å². The third-order valence-corrected chi connectivity index (χ3v) is 9.61.